The van der Waals surface area contributed by atoms with Crippen molar-refractivity contribution in [1.82, 2.24) is 10.2 Å². The van der Waals surface area contributed by atoms with E-state index in [-0.39, 0.29) is 23.7 Å². The molecule has 0 spiro atoms. The number of morpholine rings is 1. The molecule has 5 heteroatoms. The topological polar surface area (TPSA) is 41.6 Å². The molecule has 0 unspecified atom stereocenters. The van der Waals surface area contributed by atoms with Gasteiger partial charge < -0.3 is 15.0 Å². The summed E-state index contributed by atoms with van der Waals surface area (Å²) in [6.07, 6.45) is -0.379. The minimum Gasteiger partial charge on any atom is -0.370 e. The van der Waals surface area contributed by atoms with E-state index in [1.807, 2.05) is 14.0 Å². The average Bonchev–Trinajstić information content (AvgIpc) is 2.47. The van der Waals surface area contributed by atoms with Gasteiger partial charge in [-0.2, -0.15) is 0 Å². The minimum absolute atomic E-state index is 0.0839. The number of nitrogens with one attached hydrogen (secondary N) is 1. The van der Waals surface area contributed by atoms with Gasteiger partial charge in [0, 0.05) is 24.6 Å². The Labute approximate surface area is 118 Å². The monoisotopic (exact) mass is 280 g/mol. The maximum absolute atomic E-state index is 13.8. The van der Waals surface area contributed by atoms with E-state index in [1.54, 1.807) is 23.1 Å². The van der Waals surface area contributed by atoms with Crippen molar-refractivity contribution in [3.05, 3.63) is 35.6 Å². The van der Waals surface area contributed by atoms with Gasteiger partial charge in [0.15, 0.2) is 0 Å². The number of ether oxygens (including phenoxy) is 1. The van der Waals surface area contributed by atoms with Crippen LogP contribution in [0.25, 0.3) is 0 Å². The Hall–Kier alpha value is -1.46. The van der Waals surface area contributed by atoms with Gasteiger partial charge in [-0.3, -0.25) is 4.79 Å². The first-order chi connectivity index (χ1) is 9.63. The van der Waals surface area contributed by atoms with Crippen LogP contribution in [0.15, 0.2) is 24.3 Å². The molecule has 1 heterocycles. The van der Waals surface area contributed by atoms with Crippen LogP contribution in [0.2, 0.25) is 0 Å². The number of amides is 1. The molecule has 4 nitrogen and oxygen atoms in total. The predicted octanol–water partition coefficient (Wildman–Crippen LogP) is 1.58. The third-order valence-electron chi connectivity index (χ3n) is 3.56. The SMILES string of the molecule is CNC[C@@H](C)C(=O)N1CCO[C@@H](c2ccccc2F)C1. The van der Waals surface area contributed by atoms with E-state index in [1.165, 1.54) is 6.07 Å². The summed E-state index contributed by atoms with van der Waals surface area (Å²) in [5.74, 6) is -0.279. The van der Waals surface area contributed by atoms with Crippen molar-refractivity contribution in [3.63, 3.8) is 0 Å². The molecule has 1 amide bonds. The second-order valence-corrected chi connectivity index (χ2v) is 5.12. The second-order valence-electron chi connectivity index (χ2n) is 5.12. The van der Waals surface area contributed by atoms with Crippen molar-refractivity contribution in [3.8, 4) is 0 Å². The molecule has 1 aromatic carbocycles. The Balaban J connectivity index is 2.05. The molecule has 0 saturated carbocycles. The first kappa shape index (κ1) is 14.9. The normalized spacial score (nSPS) is 20.8. The summed E-state index contributed by atoms with van der Waals surface area (Å²) in [5, 5.41) is 3.00. The van der Waals surface area contributed by atoms with Gasteiger partial charge in [0.05, 0.1) is 13.2 Å². The van der Waals surface area contributed by atoms with Gasteiger partial charge in [-0.05, 0) is 13.1 Å². The first-order valence-electron chi connectivity index (χ1n) is 6.93. The Morgan fingerprint density at radius 3 is 3.00 bits per heavy atom. The van der Waals surface area contributed by atoms with E-state index in [2.05, 4.69) is 5.32 Å². The lowest BCUT2D eigenvalue weighted by molar-refractivity contribution is -0.142. The quantitative estimate of drug-likeness (QED) is 0.910. The number of carbonyl (C=O) groups is 1. The fourth-order valence-corrected chi connectivity index (χ4v) is 2.48. The Kier molecular flexibility index (Phi) is 5.09. The fourth-order valence-electron chi connectivity index (χ4n) is 2.48. The molecule has 1 N–H and O–H groups in total. The van der Waals surface area contributed by atoms with Crippen molar-refractivity contribution in [2.24, 2.45) is 5.92 Å². The molecule has 110 valence electrons. The summed E-state index contributed by atoms with van der Waals surface area (Å²) in [7, 11) is 1.82. The van der Waals surface area contributed by atoms with Gasteiger partial charge in [-0.25, -0.2) is 4.39 Å². The number of hydrogen-bond acceptors (Lipinski definition) is 3. The third-order valence-corrected chi connectivity index (χ3v) is 3.56. The second kappa shape index (κ2) is 6.81. The lowest BCUT2D eigenvalue weighted by Crippen LogP contribution is -2.46. The summed E-state index contributed by atoms with van der Waals surface area (Å²) in [4.78, 5) is 14.1. The van der Waals surface area contributed by atoms with E-state index >= 15 is 0 Å². The van der Waals surface area contributed by atoms with Gasteiger partial charge in [0.25, 0.3) is 0 Å². The molecule has 1 saturated heterocycles. The van der Waals surface area contributed by atoms with Gasteiger partial charge in [0.1, 0.15) is 11.9 Å². The summed E-state index contributed by atoms with van der Waals surface area (Å²) in [6.45, 7) is 3.95. The smallest absolute Gasteiger partial charge is 0.226 e. The molecule has 1 fully saturated rings. The summed E-state index contributed by atoms with van der Waals surface area (Å²) < 4.78 is 19.4. The molecule has 1 aliphatic rings. The largest absolute Gasteiger partial charge is 0.370 e. The highest BCUT2D eigenvalue weighted by molar-refractivity contribution is 5.78. The van der Waals surface area contributed by atoms with Crippen molar-refractivity contribution < 1.29 is 13.9 Å². The van der Waals surface area contributed by atoms with Crippen LogP contribution in [0.3, 0.4) is 0 Å². The van der Waals surface area contributed by atoms with E-state index < -0.39 is 0 Å². The van der Waals surface area contributed by atoms with E-state index in [0.29, 0.717) is 31.8 Å². The molecule has 0 radical (unpaired) electrons. The van der Waals surface area contributed by atoms with Crippen LogP contribution in [0.4, 0.5) is 4.39 Å². The van der Waals surface area contributed by atoms with Crippen LogP contribution in [-0.2, 0) is 9.53 Å². The Bertz CT molecular complexity index is 467. The van der Waals surface area contributed by atoms with Crippen molar-refractivity contribution in [2.75, 3.05) is 33.3 Å². The van der Waals surface area contributed by atoms with Gasteiger partial charge >= 0.3 is 0 Å². The number of hydrogen-bond donors (Lipinski definition) is 1. The van der Waals surface area contributed by atoms with Crippen LogP contribution in [-0.4, -0.2) is 44.1 Å². The average molecular weight is 280 g/mol. The minimum atomic E-state index is -0.379. The standard InChI is InChI=1S/C15H21FN2O2/c1-11(9-17-2)15(19)18-7-8-20-14(10-18)12-5-3-4-6-13(12)16/h3-6,11,14,17H,7-10H2,1-2H3/t11-,14-/m1/s1. The van der Waals surface area contributed by atoms with Crippen LogP contribution >= 0.6 is 0 Å². The highest BCUT2D eigenvalue weighted by atomic mass is 19.1. The van der Waals surface area contributed by atoms with Crippen LogP contribution in [0.1, 0.15) is 18.6 Å². The molecular weight excluding hydrogens is 259 g/mol. The summed E-state index contributed by atoms with van der Waals surface area (Å²) in [6, 6.07) is 6.57. The van der Waals surface area contributed by atoms with Gasteiger partial charge in [-0.1, -0.05) is 25.1 Å². The van der Waals surface area contributed by atoms with E-state index in [4.69, 9.17) is 4.74 Å². The van der Waals surface area contributed by atoms with Crippen molar-refractivity contribution in [2.45, 2.75) is 13.0 Å². The zero-order chi connectivity index (χ0) is 14.5. The molecule has 0 aromatic heterocycles. The Morgan fingerprint density at radius 1 is 1.55 bits per heavy atom. The molecule has 1 aliphatic heterocycles. The van der Waals surface area contributed by atoms with Gasteiger partial charge in [0.2, 0.25) is 5.91 Å². The van der Waals surface area contributed by atoms with Crippen LogP contribution in [0.5, 0.6) is 0 Å². The van der Waals surface area contributed by atoms with E-state index in [0.717, 1.165) is 0 Å². The van der Waals surface area contributed by atoms with Crippen molar-refractivity contribution in [1.29, 1.82) is 0 Å². The molecule has 20 heavy (non-hydrogen) atoms. The lowest BCUT2D eigenvalue weighted by Gasteiger charge is -2.34. The van der Waals surface area contributed by atoms with Crippen LogP contribution < -0.4 is 5.32 Å². The molecule has 1 aromatic rings. The zero-order valence-corrected chi connectivity index (χ0v) is 11.9. The fraction of sp³-hybridized carbons (Fsp3) is 0.533. The number of nitrogens with zero attached hydrogens (tertiary/aromatic N) is 1. The summed E-state index contributed by atoms with van der Waals surface area (Å²) >= 11 is 0. The highest BCUT2D eigenvalue weighted by Gasteiger charge is 2.28. The number of carbonyl (C=O) groups excluding carboxylic acids is 1. The number of halogens is 1. The summed E-state index contributed by atoms with van der Waals surface area (Å²) in [5.41, 5.74) is 0.520. The van der Waals surface area contributed by atoms with Gasteiger partial charge in [-0.15, -0.1) is 0 Å². The third kappa shape index (κ3) is 3.35. The molecule has 2 rings (SSSR count). The molecule has 0 aliphatic carbocycles. The van der Waals surface area contributed by atoms with Crippen LogP contribution in [0, 0.1) is 11.7 Å². The zero-order valence-electron chi connectivity index (χ0n) is 11.9. The molecule has 0 bridgehead atoms. The molecule has 2 atom stereocenters. The Morgan fingerprint density at radius 2 is 2.30 bits per heavy atom. The number of benzene rings is 1. The lowest BCUT2D eigenvalue weighted by atomic mass is 10.1. The number of rotatable bonds is 4. The maximum Gasteiger partial charge on any atom is 0.226 e. The predicted molar refractivity (Wildman–Crippen MR) is 74.8 cm³/mol. The first-order valence-corrected chi connectivity index (χ1v) is 6.93. The maximum atomic E-state index is 13.8. The van der Waals surface area contributed by atoms with Crippen molar-refractivity contribution >= 4 is 5.91 Å². The molecular formula is C15H21FN2O2. The van der Waals surface area contributed by atoms with E-state index in [9.17, 15) is 9.18 Å². The highest BCUT2D eigenvalue weighted by Crippen LogP contribution is 2.25.